The summed E-state index contributed by atoms with van der Waals surface area (Å²) in [6.07, 6.45) is 0.868. The van der Waals surface area contributed by atoms with Crippen LogP contribution in [0.3, 0.4) is 0 Å². The third-order valence-electron chi connectivity index (χ3n) is 5.59. The molecule has 0 radical (unpaired) electrons. The second-order valence-corrected chi connectivity index (χ2v) is 8.20. The average Bonchev–Trinajstić information content (AvgIpc) is 2.83. The molecular weight excluding hydrogens is 442 g/mol. The van der Waals surface area contributed by atoms with Gasteiger partial charge in [0, 0.05) is 23.6 Å². The maximum atomic E-state index is 13.2. The van der Waals surface area contributed by atoms with Crippen molar-refractivity contribution in [3.8, 4) is 5.75 Å². The smallest absolute Gasteiger partial charge is 0.410 e. The van der Waals surface area contributed by atoms with E-state index in [1.807, 2.05) is 54.6 Å². The van der Waals surface area contributed by atoms with Crippen LogP contribution in [-0.2, 0) is 22.4 Å². The Bertz CT molecular complexity index is 1130. The van der Waals surface area contributed by atoms with Crippen LogP contribution in [0.4, 0.5) is 4.79 Å². The number of carboxylic acid groups (broad SMARTS) is 1. The molecule has 0 unspecified atom stereocenters. The van der Waals surface area contributed by atoms with E-state index in [0.29, 0.717) is 35.7 Å². The van der Waals surface area contributed by atoms with Gasteiger partial charge in [-0.05, 0) is 41.3 Å². The number of carboxylic acids is 1. The van der Waals surface area contributed by atoms with Gasteiger partial charge in [0.2, 0.25) is 0 Å². The fourth-order valence-corrected chi connectivity index (χ4v) is 4.27. The summed E-state index contributed by atoms with van der Waals surface area (Å²) in [5.41, 5.74) is 3.76. The minimum Gasteiger partial charge on any atom is -0.482 e. The van der Waals surface area contributed by atoms with E-state index < -0.39 is 24.7 Å². The Hall–Kier alpha value is -3.51. The minimum absolute atomic E-state index is 0.256. The number of rotatable bonds is 7. The van der Waals surface area contributed by atoms with Crippen molar-refractivity contribution < 1.29 is 24.2 Å². The van der Waals surface area contributed by atoms with E-state index >= 15 is 0 Å². The zero-order valence-electron chi connectivity index (χ0n) is 17.9. The lowest BCUT2D eigenvalue weighted by molar-refractivity contribution is -0.139. The maximum Gasteiger partial charge on any atom is 0.410 e. The second kappa shape index (κ2) is 10.4. The van der Waals surface area contributed by atoms with Crippen molar-refractivity contribution in [2.75, 3.05) is 19.8 Å². The number of ether oxygens (including phenoxy) is 2. The van der Waals surface area contributed by atoms with Crippen molar-refractivity contribution in [3.63, 3.8) is 0 Å². The summed E-state index contributed by atoms with van der Waals surface area (Å²) in [6.45, 7) is 0.215. The van der Waals surface area contributed by atoms with E-state index in [4.69, 9.17) is 26.2 Å². The average molecular weight is 466 g/mol. The third kappa shape index (κ3) is 5.46. The molecule has 0 aliphatic carbocycles. The van der Waals surface area contributed by atoms with E-state index in [-0.39, 0.29) is 6.61 Å². The van der Waals surface area contributed by atoms with Crippen molar-refractivity contribution in [1.82, 2.24) is 4.90 Å². The topological polar surface area (TPSA) is 76.1 Å². The van der Waals surface area contributed by atoms with Crippen molar-refractivity contribution >= 4 is 23.7 Å². The summed E-state index contributed by atoms with van der Waals surface area (Å²) in [7, 11) is 0. The first-order valence-electron chi connectivity index (χ1n) is 10.7. The number of nitrogens with zero attached hydrogens (tertiary/aromatic N) is 1. The van der Waals surface area contributed by atoms with Gasteiger partial charge in [-0.2, -0.15) is 0 Å². The lowest BCUT2D eigenvalue weighted by Gasteiger charge is -2.37. The molecule has 3 aromatic carbocycles. The zero-order valence-corrected chi connectivity index (χ0v) is 18.7. The Morgan fingerprint density at radius 1 is 1.00 bits per heavy atom. The molecule has 33 heavy (non-hydrogen) atoms. The van der Waals surface area contributed by atoms with Crippen LogP contribution < -0.4 is 4.74 Å². The van der Waals surface area contributed by atoms with Gasteiger partial charge >= 0.3 is 12.1 Å². The Morgan fingerprint density at radius 2 is 1.76 bits per heavy atom. The SMILES string of the molecule is O=C(O)COc1ccc(Cl)cc1[C@@H]1c2ccccc2CCN1C(=O)OCCc1ccccc1. The lowest BCUT2D eigenvalue weighted by Crippen LogP contribution is -2.41. The van der Waals surface area contributed by atoms with E-state index in [1.54, 1.807) is 23.1 Å². The minimum atomic E-state index is -1.09. The zero-order chi connectivity index (χ0) is 23.2. The third-order valence-corrected chi connectivity index (χ3v) is 5.83. The molecule has 1 atom stereocenters. The van der Waals surface area contributed by atoms with Gasteiger partial charge in [-0.3, -0.25) is 4.90 Å². The predicted octanol–water partition coefficient (Wildman–Crippen LogP) is 5.13. The summed E-state index contributed by atoms with van der Waals surface area (Å²) < 4.78 is 11.2. The number of fused-ring (bicyclic) bond motifs is 1. The first kappa shape index (κ1) is 22.7. The summed E-state index contributed by atoms with van der Waals surface area (Å²) in [6, 6.07) is 22.2. The molecule has 1 aliphatic rings. The number of benzene rings is 3. The highest BCUT2D eigenvalue weighted by Gasteiger charge is 2.35. The molecule has 170 valence electrons. The number of carbonyl (C=O) groups is 2. The molecule has 1 amide bonds. The van der Waals surface area contributed by atoms with Gasteiger partial charge in [0.1, 0.15) is 5.75 Å². The molecule has 4 rings (SSSR count). The van der Waals surface area contributed by atoms with Crippen molar-refractivity contribution in [2.45, 2.75) is 18.9 Å². The molecule has 0 aromatic heterocycles. The van der Waals surface area contributed by atoms with Crippen LogP contribution in [0.5, 0.6) is 5.75 Å². The largest absolute Gasteiger partial charge is 0.482 e. The molecule has 0 spiro atoms. The molecule has 0 saturated heterocycles. The summed E-state index contributed by atoms with van der Waals surface area (Å²) in [5.74, 6) is -0.720. The van der Waals surface area contributed by atoms with Crippen molar-refractivity contribution in [2.24, 2.45) is 0 Å². The monoisotopic (exact) mass is 465 g/mol. The summed E-state index contributed by atoms with van der Waals surface area (Å²) in [5, 5.41) is 9.55. The molecule has 0 bridgehead atoms. The summed E-state index contributed by atoms with van der Waals surface area (Å²) >= 11 is 6.30. The van der Waals surface area contributed by atoms with Crippen LogP contribution in [0.2, 0.25) is 5.02 Å². The van der Waals surface area contributed by atoms with Gasteiger partial charge in [-0.15, -0.1) is 0 Å². The normalized spacial score (nSPS) is 14.9. The first-order valence-corrected chi connectivity index (χ1v) is 11.1. The molecule has 3 aromatic rings. The summed E-state index contributed by atoms with van der Waals surface area (Å²) in [4.78, 5) is 25.9. The number of carbonyl (C=O) groups excluding carboxylic acids is 1. The highest BCUT2D eigenvalue weighted by atomic mass is 35.5. The van der Waals surface area contributed by atoms with Crippen molar-refractivity contribution in [3.05, 3.63) is 100 Å². The van der Waals surface area contributed by atoms with Crippen LogP contribution >= 0.6 is 11.6 Å². The Morgan fingerprint density at radius 3 is 2.55 bits per heavy atom. The van der Waals surface area contributed by atoms with E-state index in [0.717, 1.165) is 16.7 Å². The van der Waals surface area contributed by atoms with Gasteiger partial charge in [-0.1, -0.05) is 66.2 Å². The molecule has 1 N–H and O–H groups in total. The maximum absolute atomic E-state index is 13.2. The molecule has 7 heteroatoms. The number of aliphatic carboxylic acids is 1. The second-order valence-electron chi connectivity index (χ2n) is 7.76. The predicted molar refractivity (Wildman–Crippen MR) is 125 cm³/mol. The van der Waals surface area contributed by atoms with Gasteiger partial charge in [-0.25, -0.2) is 9.59 Å². The Labute approximate surface area is 197 Å². The van der Waals surface area contributed by atoms with Crippen molar-refractivity contribution in [1.29, 1.82) is 0 Å². The van der Waals surface area contributed by atoms with Crippen LogP contribution in [0, 0.1) is 0 Å². The van der Waals surface area contributed by atoms with E-state index in [1.165, 1.54) is 0 Å². The van der Waals surface area contributed by atoms with Crippen LogP contribution in [0.1, 0.15) is 28.3 Å². The molecular formula is C26H24ClNO5. The first-order chi connectivity index (χ1) is 16.0. The Kier molecular flexibility index (Phi) is 7.15. The molecule has 0 saturated carbocycles. The van der Waals surface area contributed by atoms with Crippen LogP contribution in [0.25, 0.3) is 0 Å². The Balaban J connectivity index is 1.63. The van der Waals surface area contributed by atoms with Gasteiger partial charge < -0.3 is 14.6 Å². The van der Waals surface area contributed by atoms with Gasteiger partial charge in [0.15, 0.2) is 6.61 Å². The van der Waals surface area contributed by atoms with E-state index in [9.17, 15) is 9.59 Å². The molecule has 1 aliphatic heterocycles. The molecule has 1 heterocycles. The van der Waals surface area contributed by atoms with Crippen LogP contribution in [0.15, 0.2) is 72.8 Å². The number of hydrogen-bond acceptors (Lipinski definition) is 4. The fourth-order valence-electron chi connectivity index (χ4n) is 4.09. The number of amides is 1. The number of hydrogen-bond donors (Lipinski definition) is 1. The van der Waals surface area contributed by atoms with Gasteiger partial charge in [0.25, 0.3) is 0 Å². The number of halogens is 1. The van der Waals surface area contributed by atoms with Crippen LogP contribution in [-0.4, -0.2) is 41.8 Å². The van der Waals surface area contributed by atoms with E-state index in [2.05, 4.69) is 0 Å². The quantitative estimate of drug-likeness (QED) is 0.523. The molecule has 6 nitrogen and oxygen atoms in total. The van der Waals surface area contributed by atoms with Gasteiger partial charge in [0.05, 0.1) is 12.6 Å². The lowest BCUT2D eigenvalue weighted by atomic mass is 9.88. The fraction of sp³-hybridized carbons (Fsp3) is 0.231. The standard InChI is InChI=1S/C26H24ClNO5/c27-20-10-11-23(33-17-24(29)30)22(16-20)25-21-9-5-4-8-19(21)12-14-28(25)26(31)32-15-13-18-6-2-1-3-7-18/h1-11,16,25H,12-15,17H2,(H,29,30)/t25-/m0/s1. The molecule has 0 fully saturated rings. The highest BCUT2D eigenvalue weighted by Crippen LogP contribution is 2.40. The highest BCUT2D eigenvalue weighted by molar-refractivity contribution is 6.30.